The van der Waals surface area contributed by atoms with Crippen LogP contribution in [0.3, 0.4) is 0 Å². The maximum absolute atomic E-state index is 12.6. The number of carbonyl (C=O) groups is 1. The average molecular weight is 457 g/mol. The number of hydrogen-bond donors (Lipinski definition) is 1. The van der Waals surface area contributed by atoms with E-state index in [4.69, 9.17) is 0 Å². The molecule has 1 N–H and O–H groups in total. The third-order valence-corrected chi connectivity index (χ3v) is 6.92. The van der Waals surface area contributed by atoms with Crippen molar-refractivity contribution in [2.24, 2.45) is 11.8 Å². The van der Waals surface area contributed by atoms with Gasteiger partial charge in [0.1, 0.15) is 0 Å². The first kappa shape index (κ1) is 24.7. The molecule has 2 saturated heterocycles. The second kappa shape index (κ2) is 12.3. The van der Waals surface area contributed by atoms with Crippen LogP contribution in [0.15, 0.2) is 54.9 Å². The number of hydrogen-bond acceptors (Lipinski definition) is 4. The molecule has 2 aliphatic rings. The lowest BCUT2D eigenvalue weighted by Gasteiger charge is -2.46. The number of likely N-dealkylation sites (tertiary alicyclic amines) is 1. The maximum Gasteiger partial charge on any atom is 0.222 e. The molecule has 0 spiro atoms. The summed E-state index contributed by atoms with van der Waals surface area (Å²) in [4.78, 5) is 21.3. The number of carbonyl (C=O) groups excluding carboxylic acids is 1. The Hall–Kier alpha value is -1.95. The van der Waals surface area contributed by atoms with Crippen molar-refractivity contribution in [2.45, 2.75) is 44.7 Å². The molecule has 2 bridgehead atoms. The molecule has 0 aliphatic carbocycles. The number of nitrogens with zero attached hydrogens (tertiary/aromatic N) is 3. The lowest BCUT2D eigenvalue weighted by molar-refractivity contribution is -0.130. The van der Waals surface area contributed by atoms with E-state index in [1.54, 1.807) is 0 Å². The first-order valence-electron chi connectivity index (χ1n) is 11.8. The standard InChI is InChI=1S/C26H36N4O.ClH/c1-29(14-12-21-7-3-2-4-8-21)26(31)11-5-10-25-24-15-23(17-28-25)19-30(20-24)18-22-9-6-13-27-16-22;/h2-4,6-9,13,16,23-25,28H,5,10-12,14-15,17-20H2,1H3;1H/t23-,24-,25+;/m0./s1. The number of halogens is 1. The van der Waals surface area contributed by atoms with Crippen LogP contribution in [0.25, 0.3) is 0 Å². The Morgan fingerprint density at radius 1 is 1.16 bits per heavy atom. The summed E-state index contributed by atoms with van der Waals surface area (Å²) in [5.74, 6) is 1.71. The van der Waals surface area contributed by atoms with Crippen LogP contribution in [0.5, 0.6) is 0 Å². The predicted octanol–water partition coefficient (Wildman–Crippen LogP) is 3.78. The fourth-order valence-corrected chi connectivity index (χ4v) is 5.22. The van der Waals surface area contributed by atoms with E-state index in [-0.39, 0.29) is 18.3 Å². The molecule has 3 heterocycles. The Kier molecular flexibility index (Phi) is 9.51. The van der Waals surface area contributed by atoms with Crippen molar-refractivity contribution in [1.29, 1.82) is 0 Å². The summed E-state index contributed by atoms with van der Waals surface area (Å²) >= 11 is 0. The van der Waals surface area contributed by atoms with Gasteiger partial charge in [-0.15, -0.1) is 12.4 Å². The first-order chi connectivity index (χ1) is 15.2. The number of rotatable bonds is 9. The third kappa shape index (κ3) is 7.03. The molecule has 5 nitrogen and oxygen atoms in total. The molecule has 0 radical (unpaired) electrons. The predicted molar refractivity (Wildman–Crippen MR) is 132 cm³/mol. The molecule has 1 aromatic carbocycles. The Balaban J connectivity index is 0.00000289. The highest BCUT2D eigenvalue weighted by molar-refractivity contribution is 5.85. The normalized spacial score (nSPS) is 22.7. The van der Waals surface area contributed by atoms with Crippen molar-refractivity contribution in [2.75, 3.05) is 33.2 Å². The minimum Gasteiger partial charge on any atom is -0.345 e. The first-order valence-corrected chi connectivity index (χ1v) is 11.8. The number of nitrogens with one attached hydrogen (secondary N) is 1. The zero-order chi connectivity index (χ0) is 21.5. The van der Waals surface area contributed by atoms with Crippen molar-refractivity contribution in [3.8, 4) is 0 Å². The van der Waals surface area contributed by atoms with Gasteiger partial charge < -0.3 is 10.2 Å². The van der Waals surface area contributed by atoms with Gasteiger partial charge in [0.15, 0.2) is 0 Å². The van der Waals surface area contributed by atoms with Gasteiger partial charge in [-0.1, -0.05) is 36.4 Å². The minimum absolute atomic E-state index is 0. The monoisotopic (exact) mass is 456 g/mol. The molecule has 0 saturated carbocycles. The summed E-state index contributed by atoms with van der Waals surface area (Å²) in [5, 5.41) is 3.79. The van der Waals surface area contributed by atoms with Crippen LogP contribution in [-0.2, 0) is 17.8 Å². The number of piperidine rings is 2. The van der Waals surface area contributed by atoms with Crippen LogP contribution in [-0.4, -0.2) is 60.0 Å². The van der Waals surface area contributed by atoms with Gasteiger partial charge in [0.05, 0.1) is 0 Å². The fraction of sp³-hybridized carbons (Fsp3) is 0.538. The second-order valence-electron chi connectivity index (χ2n) is 9.38. The molecule has 32 heavy (non-hydrogen) atoms. The van der Waals surface area contributed by atoms with Crippen molar-refractivity contribution in [3.05, 3.63) is 66.0 Å². The van der Waals surface area contributed by atoms with Gasteiger partial charge in [-0.05, 0) is 61.3 Å². The van der Waals surface area contributed by atoms with Gasteiger partial charge in [0, 0.05) is 58.1 Å². The van der Waals surface area contributed by atoms with E-state index < -0.39 is 0 Å². The maximum atomic E-state index is 12.6. The zero-order valence-corrected chi connectivity index (χ0v) is 20.0. The number of pyridine rings is 1. The van der Waals surface area contributed by atoms with Gasteiger partial charge in [-0.2, -0.15) is 0 Å². The minimum atomic E-state index is 0. The van der Waals surface area contributed by atoms with Gasteiger partial charge in [-0.3, -0.25) is 14.7 Å². The number of likely N-dealkylation sites (N-methyl/N-ethyl adjacent to an activating group) is 1. The lowest BCUT2D eigenvalue weighted by atomic mass is 9.79. The van der Waals surface area contributed by atoms with Crippen LogP contribution in [0.4, 0.5) is 0 Å². The average Bonchev–Trinajstić information content (AvgIpc) is 2.80. The highest BCUT2D eigenvalue weighted by Gasteiger charge is 2.36. The Labute approximate surface area is 199 Å². The number of benzene rings is 1. The van der Waals surface area contributed by atoms with Crippen LogP contribution in [0.1, 0.15) is 36.8 Å². The molecular weight excluding hydrogens is 420 g/mol. The number of aromatic nitrogens is 1. The molecule has 0 unspecified atom stereocenters. The van der Waals surface area contributed by atoms with Crippen molar-refractivity contribution in [1.82, 2.24) is 20.1 Å². The SMILES string of the molecule is CN(CCc1ccccc1)C(=O)CCC[C@H]1NC[C@@H]2C[C@H]1CN(Cc1cccnc1)C2.Cl. The smallest absolute Gasteiger partial charge is 0.222 e. The summed E-state index contributed by atoms with van der Waals surface area (Å²) in [6.45, 7) is 5.22. The van der Waals surface area contributed by atoms with E-state index in [1.165, 1.54) is 24.1 Å². The van der Waals surface area contributed by atoms with Crippen LogP contribution in [0, 0.1) is 11.8 Å². The summed E-state index contributed by atoms with van der Waals surface area (Å²) in [7, 11) is 1.94. The highest BCUT2D eigenvalue weighted by Crippen LogP contribution is 2.31. The molecule has 1 aromatic heterocycles. The van der Waals surface area contributed by atoms with Crippen LogP contribution in [0.2, 0.25) is 0 Å². The van der Waals surface area contributed by atoms with Gasteiger partial charge in [0.2, 0.25) is 5.91 Å². The molecule has 4 rings (SSSR count). The van der Waals surface area contributed by atoms with Crippen molar-refractivity contribution >= 4 is 18.3 Å². The third-order valence-electron chi connectivity index (χ3n) is 6.92. The van der Waals surface area contributed by atoms with Crippen molar-refractivity contribution < 1.29 is 4.79 Å². The van der Waals surface area contributed by atoms with E-state index in [0.717, 1.165) is 51.4 Å². The van der Waals surface area contributed by atoms with Gasteiger partial charge in [0.25, 0.3) is 0 Å². The Morgan fingerprint density at radius 3 is 2.75 bits per heavy atom. The van der Waals surface area contributed by atoms with E-state index in [2.05, 4.69) is 45.5 Å². The zero-order valence-electron chi connectivity index (χ0n) is 19.2. The number of amides is 1. The largest absolute Gasteiger partial charge is 0.345 e. The van der Waals surface area contributed by atoms with Crippen LogP contribution < -0.4 is 5.32 Å². The Bertz CT molecular complexity index is 819. The van der Waals surface area contributed by atoms with E-state index in [9.17, 15) is 4.79 Å². The molecule has 6 heteroatoms. The highest BCUT2D eigenvalue weighted by atomic mass is 35.5. The Morgan fingerprint density at radius 2 is 1.97 bits per heavy atom. The molecule has 2 fully saturated rings. The molecular formula is C26H37ClN4O. The lowest BCUT2D eigenvalue weighted by Crippen LogP contribution is -2.55. The van der Waals surface area contributed by atoms with E-state index >= 15 is 0 Å². The fourth-order valence-electron chi connectivity index (χ4n) is 5.22. The molecule has 2 aromatic rings. The molecule has 3 atom stereocenters. The summed E-state index contributed by atoms with van der Waals surface area (Å²) < 4.78 is 0. The second-order valence-corrected chi connectivity index (χ2v) is 9.38. The number of fused-ring (bicyclic) bond motifs is 2. The van der Waals surface area contributed by atoms with E-state index in [0.29, 0.717) is 18.4 Å². The summed E-state index contributed by atoms with van der Waals surface area (Å²) in [6, 6.07) is 15.1. The molecule has 174 valence electrons. The van der Waals surface area contributed by atoms with Gasteiger partial charge >= 0.3 is 0 Å². The van der Waals surface area contributed by atoms with Crippen molar-refractivity contribution in [3.63, 3.8) is 0 Å². The molecule has 2 aliphatic heterocycles. The summed E-state index contributed by atoms with van der Waals surface area (Å²) in [6.07, 6.45) is 8.79. The van der Waals surface area contributed by atoms with E-state index in [1.807, 2.05) is 36.5 Å². The topological polar surface area (TPSA) is 48.5 Å². The van der Waals surface area contributed by atoms with Gasteiger partial charge in [-0.25, -0.2) is 0 Å². The summed E-state index contributed by atoms with van der Waals surface area (Å²) in [5.41, 5.74) is 2.59. The quantitative estimate of drug-likeness (QED) is 0.623. The van der Waals surface area contributed by atoms with Crippen LogP contribution >= 0.6 is 12.4 Å². The molecule has 1 amide bonds.